The molecular weight excluding hydrogens is 324 g/mol. The molecule has 2 aliphatic carbocycles. The lowest BCUT2D eigenvalue weighted by Crippen LogP contribution is -2.55. The second-order valence-corrected chi connectivity index (χ2v) is 7.61. The van der Waals surface area contributed by atoms with Gasteiger partial charge in [-0.2, -0.15) is 5.10 Å². The Bertz CT molecular complexity index is 535. The molecule has 5 nitrogen and oxygen atoms in total. The van der Waals surface area contributed by atoms with Crippen LogP contribution in [0.2, 0.25) is 0 Å². The predicted molar refractivity (Wildman–Crippen MR) is 96.2 cm³/mol. The molecular formula is C18H29ClN4O. The van der Waals surface area contributed by atoms with E-state index in [0.29, 0.717) is 6.04 Å². The van der Waals surface area contributed by atoms with Crippen molar-refractivity contribution in [3.8, 4) is 0 Å². The summed E-state index contributed by atoms with van der Waals surface area (Å²) in [5.74, 6) is 1.77. The van der Waals surface area contributed by atoms with Gasteiger partial charge in [0.05, 0.1) is 0 Å². The average molecular weight is 353 g/mol. The van der Waals surface area contributed by atoms with Crippen molar-refractivity contribution in [1.82, 2.24) is 20.4 Å². The van der Waals surface area contributed by atoms with Crippen LogP contribution < -0.4 is 10.6 Å². The number of hydrogen-bond donors (Lipinski definition) is 2. The molecule has 1 aromatic rings. The molecule has 2 saturated carbocycles. The molecule has 24 heavy (non-hydrogen) atoms. The Kier molecular flexibility index (Phi) is 5.50. The second-order valence-electron chi connectivity index (χ2n) is 7.61. The summed E-state index contributed by atoms with van der Waals surface area (Å²) in [6.07, 6.45) is 13.4. The fourth-order valence-electron chi connectivity index (χ4n) is 4.69. The first-order valence-corrected chi connectivity index (χ1v) is 9.31. The minimum absolute atomic E-state index is 0. The molecule has 2 heterocycles. The number of amides is 1. The molecule has 6 heteroatoms. The van der Waals surface area contributed by atoms with Crippen molar-refractivity contribution in [2.45, 2.75) is 62.9 Å². The van der Waals surface area contributed by atoms with Gasteiger partial charge in [0.25, 0.3) is 0 Å². The number of halogens is 1. The van der Waals surface area contributed by atoms with Crippen LogP contribution in [0.1, 0.15) is 51.4 Å². The molecule has 2 N–H and O–H groups in total. The van der Waals surface area contributed by atoms with Crippen molar-refractivity contribution in [2.24, 2.45) is 11.8 Å². The highest BCUT2D eigenvalue weighted by atomic mass is 35.5. The zero-order valence-electron chi connectivity index (χ0n) is 14.2. The van der Waals surface area contributed by atoms with Crippen molar-refractivity contribution >= 4 is 18.3 Å². The Morgan fingerprint density at radius 3 is 2.62 bits per heavy atom. The van der Waals surface area contributed by atoms with Gasteiger partial charge in [-0.25, -0.2) is 0 Å². The lowest BCUT2D eigenvalue weighted by Gasteiger charge is -2.36. The van der Waals surface area contributed by atoms with Gasteiger partial charge >= 0.3 is 0 Å². The van der Waals surface area contributed by atoms with Crippen molar-refractivity contribution in [3.63, 3.8) is 0 Å². The summed E-state index contributed by atoms with van der Waals surface area (Å²) < 4.78 is 1.89. The van der Waals surface area contributed by atoms with E-state index in [0.717, 1.165) is 37.8 Å². The summed E-state index contributed by atoms with van der Waals surface area (Å²) in [6.45, 7) is 1.76. The van der Waals surface area contributed by atoms with Crippen LogP contribution >= 0.6 is 12.4 Å². The van der Waals surface area contributed by atoms with Crippen molar-refractivity contribution in [3.05, 3.63) is 18.5 Å². The third-order valence-electron chi connectivity index (χ3n) is 6.21. The van der Waals surface area contributed by atoms with Crippen LogP contribution in [0, 0.1) is 11.8 Å². The second kappa shape index (κ2) is 7.44. The first kappa shape index (κ1) is 17.7. The van der Waals surface area contributed by atoms with Crippen molar-refractivity contribution in [1.29, 1.82) is 0 Å². The number of hydrogen-bond acceptors (Lipinski definition) is 3. The van der Waals surface area contributed by atoms with Gasteiger partial charge in [0.1, 0.15) is 5.54 Å². The summed E-state index contributed by atoms with van der Waals surface area (Å²) in [5.41, 5.74) is -0.492. The summed E-state index contributed by atoms with van der Waals surface area (Å²) in [7, 11) is 0. The first-order valence-electron chi connectivity index (χ1n) is 9.31. The van der Waals surface area contributed by atoms with E-state index in [1.165, 1.54) is 38.5 Å². The van der Waals surface area contributed by atoms with Crippen LogP contribution in [0.3, 0.4) is 0 Å². The average Bonchev–Trinajstić information content (AvgIpc) is 3.14. The smallest absolute Gasteiger partial charge is 0.248 e. The summed E-state index contributed by atoms with van der Waals surface area (Å²) in [4.78, 5) is 13.1. The predicted octanol–water partition coefficient (Wildman–Crippen LogP) is 2.47. The fraction of sp³-hybridized carbons (Fsp3) is 0.778. The van der Waals surface area contributed by atoms with E-state index in [1.54, 1.807) is 6.20 Å². The van der Waals surface area contributed by atoms with Crippen LogP contribution in [0.15, 0.2) is 18.5 Å². The summed E-state index contributed by atoms with van der Waals surface area (Å²) in [5, 5.41) is 11.1. The van der Waals surface area contributed by atoms with E-state index in [2.05, 4.69) is 15.7 Å². The highest BCUT2D eigenvalue weighted by Gasteiger charge is 2.48. The summed E-state index contributed by atoms with van der Waals surface area (Å²) >= 11 is 0. The maximum absolute atomic E-state index is 13.1. The van der Waals surface area contributed by atoms with E-state index < -0.39 is 5.54 Å². The van der Waals surface area contributed by atoms with Crippen LogP contribution in [-0.2, 0) is 10.3 Å². The van der Waals surface area contributed by atoms with Gasteiger partial charge in [0.2, 0.25) is 5.91 Å². The molecule has 1 saturated heterocycles. The quantitative estimate of drug-likeness (QED) is 0.875. The van der Waals surface area contributed by atoms with Crippen molar-refractivity contribution < 1.29 is 4.79 Å². The van der Waals surface area contributed by atoms with Crippen molar-refractivity contribution in [2.75, 3.05) is 13.1 Å². The zero-order valence-corrected chi connectivity index (χ0v) is 15.1. The van der Waals surface area contributed by atoms with Crippen LogP contribution in [0.25, 0.3) is 0 Å². The van der Waals surface area contributed by atoms with Crippen LogP contribution in [0.5, 0.6) is 0 Å². The molecule has 3 fully saturated rings. The molecule has 1 aliphatic heterocycles. The monoisotopic (exact) mass is 352 g/mol. The molecule has 3 aliphatic rings. The Hall–Kier alpha value is -1.07. The minimum Gasteiger partial charge on any atom is -0.351 e. The lowest BCUT2D eigenvalue weighted by atomic mass is 9.85. The number of aromatic nitrogens is 2. The van der Waals surface area contributed by atoms with Crippen LogP contribution in [0.4, 0.5) is 0 Å². The zero-order chi connectivity index (χ0) is 15.7. The van der Waals surface area contributed by atoms with E-state index in [9.17, 15) is 4.79 Å². The Morgan fingerprint density at radius 1 is 1.21 bits per heavy atom. The third-order valence-corrected chi connectivity index (χ3v) is 6.21. The molecule has 0 spiro atoms. The van der Waals surface area contributed by atoms with Gasteiger partial charge in [-0.1, -0.05) is 32.1 Å². The standard InChI is InChI=1S/C18H28N4O.ClH/c23-17(21-16-13-15(16)14-5-2-1-3-6-14)18(7-10-19-11-8-18)22-12-4-9-20-22;/h4,9,12,14-16,19H,1-3,5-8,10-11,13H2,(H,21,23);1H. The van der Waals surface area contributed by atoms with Crippen LogP contribution in [-0.4, -0.2) is 34.8 Å². The highest BCUT2D eigenvalue weighted by molar-refractivity contribution is 5.85. The van der Waals surface area contributed by atoms with E-state index in [1.807, 2.05) is 16.9 Å². The molecule has 2 unspecified atom stereocenters. The van der Waals surface area contributed by atoms with Gasteiger partial charge in [0.15, 0.2) is 0 Å². The minimum atomic E-state index is -0.492. The molecule has 2 atom stereocenters. The number of carbonyl (C=O) groups excluding carboxylic acids is 1. The van der Waals surface area contributed by atoms with E-state index in [-0.39, 0.29) is 18.3 Å². The maximum Gasteiger partial charge on any atom is 0.248 e. The number of nitrogens with zero attached hydrogens (tertiary/aromatic N) is 2. The van der Waals surface area contributed by atoms with Gasteiger partial charge in [-0.05, 0) is 50.3 Å². The molecule has 134 valence electrons. The van der Waals surface area contributed by atoms with Gasteiger partial charge in [-0.3, -0.25) is 9.48 Å². The molecule has 0 bridgehead atoms. The lowest BCUT2D eigenvalue weighted by molar-refractivity contribution is -0.132. The largest absolute Gasteiger partial charge is 0.351 e. The first-order chi connectivity index (χ1) is 11.3. The highest BCUT2D eigenvalue weighted by Crippen LogP contribution is 2.44. The molecule has 0 aromatic carbocycles. The Balaban J connectivity index is 0.00000169. The van der Waals surface area contributed by atoms with Gasteiger partial charge in [0, 0.05) is 18.4 Å². The van der Waals surface area contributed by atoms with E-state index in [4.69, 9.17) is 0 Å². The third kappa shape index (κ3) is 3.33. The molecule has 0 radical (unpaired) electrons. The molecule has 1 aromatic heterocycles. The fourth-order valence-corrected chi connectivity index (χ4v) is 4.69. The number of carbonyl (C=O) groups is 1. The van der Waals surface area contributed by atoms with Gasteiger partial charge < -0.3 is 10.6 Å². The Labute approximate surface area is 150 Å². The van der Waals surface area contributed by atoms with Gasteiger partial charge in [-0.15, -0.1) is 12.4 Å². The Morgan fingerprint density at radius 2 is 1.96 bits per heavy atom. The number of nitrogens with one attached hydrogen (secondary N) is 2. The number of rotatable bonds is 4. The topological polar surface area (TPSA) is 59.0 Å². The maximum atomic E-state index is 13.1. The normalized spacial score (nSPS) is 29.5. The molecule has 4 rings (SSSR count). The SMILES string of the molecule is Cl.O=C(NC1CC1C1CCCCC1)C1(n2cccn2)CCNCC1. The summed E-state index contributed by atoms with van der Waals surface area (Å²) in [6, 6.07) is 2.33. The molecule has 1 amide bonds. The van der Waals surface area contributed by atoms with E-state index >= 15 is 0 Å². The number of piperidine rings is 1.